The van der Waals surface area contributed by atoms with E-state index in [2.05, 4.69) is 33.0 Å². The summed E-state index contributed by atoms with van der Waals surface area (Å²) in [6.07, 6.45) is 4.58. The maximum atomic E-state index is 12.1. The lowest BCUT2D eigenvalue weighted by atomic mass is 10.1. The number of amides is 1. The van der Waals surface area contributed by atoms with E-state index in [4.69, 9.17) is 0 Å². The minimum Gasteiger partial charge on any atom is -0.352 e. The molecular weight excluding hydrogens is 353 g/mol. The molecule has 1 heterocycles. The predicted molar refractivity (Wildman–Crippen MR) is 83.1 cm³/mol. The second kappa shape index (κ2) is 6.18. The Morgan fingerprint density at radius 2 is 2.26 bits per heavy atom. The van der Waals surface area contributed by atoms with Gasteiger partial charge in [0.1, 0.15) is 0 Å². The largest absolute Gasteiger partial charge is 0.352 e. The Morgan fingerprint density at radius 1 is 1.47 bits per heavy atom. The van der Waals surface area contributed by atoms with Gasteiger partial charge in [0, 0.05) is 23.4 Å². The number of aryl methyl sites for hydroxylation is 2. The van der Waals surface area contributed by atoms with Gasteiger partial charge in [0.05, 0.1) is 11.8 Å². The SMILES string of the molecule is Cc1cccc(C(=O)NCCc2cnn(C)c2)c1I. The Hall–Kier alpha value is -1.37. The summed E-state index contributed by atoms with van der Waals surface area (Å²) in [5.41, 5.74) is 2.99. The summed E-state index contributed by atoms with van der Waals surface area (Å²) in [6.45, 7) is 2.63. The summed E-state index contributed by atoms with van der Waals surface area (Å²) in [5, 5.41) is 7.04. The number of benzene rings is 1. The molecule has 0 atom stereocenters. The average molecular weight is 369 g/mol. The number of rotatable bonds is 4. The number of carbonyl (C=O) groups is 1. The van der Waals surface area contributed by atoms with E-state index in [-0.39, 0.29) is 5.91 Å². The molecule has 100 valence electrons. The molecule has 1 aromatic carbocycles. The summed E-state index contributed by atoms with van der Waals surface area (Å²) in [7, 11) is 1.89. The zero-order chi connectivity index (χ0) is 13.8. The lowest BCUT2D eigenvalue weighted by molar-refractivity contribution is 0.0953. The Balaban J connectivity index is 1.93. The van der Waals surface area contributed by atoms with Crippen molar-refractivity contribution in [2.75, 3.05) is 6.54 Å². The summed E-state index contributed by atoms with van der Waals surface area (Å²) in [5.74, 6) is -0.0167. The fourth-order valence-corrected chi connectivity index (χ4v) is 2.44. The fourth-order valence-electron chi connectivity index (χ4n) is 1.84. The van der Waals surface area contributed by atoms with Gasteiger partial charge in [-0.2, -0.15) is 5.10 Å². The summed E-state index contributed by atoms with van der Waals surface area (Å²) in [6, 6.07) is 5.77. The average Bonchev–Trinajstić information content (AvgIpc) is 2.78. The first-order valence-electron chi connectivity index (χ1n) is 6.09. The standard InChI is InChI=1S/C14H16IN3O/c1-10-4-3-5-12(13(10)15)14(19)16-7-6-11-8-17-18(2)9-11/h3-5,8-9H,6-7H2,1-2H3,(H,16,19). The van der Waals surface area contributed by atoms with Crippen LogP contribution in [0.1, 0.15) is 21.5 Å². The third-order valence-electron chi connectivity index (χ3n) is 2.89. The third-order valence-corrected chi connectivity index (χ3v) is 4.33. The number of aromatic nitrogens is 2. The van der Waals surface area contributed by atoms with Crippen LogP contribution < -0.4 is 5.32 Å². The van der Waals surface area contributed by atoms with Crippen molar-refractivity contribution in [2.24, 2.45) is 7.05 Å². The molecule has 0 saturated carbocycles. The highest BCUT2D eigenvalue weighted by atomic mass is 127. The van der Waals surface area contributed by atoms with Gasteiger partial charge >= 0.3 is 0 Å². The minimum atomic E-state index is -0.0167. The van der Waals surface area contributed by atoms with Gasteiger partial charge in [-0.15, -0.1) is 0 Å². The summed E-state index contributed by atoms with van der Waals surface area (Å²) < 4.78 is 2.78. The molecule has 0 unspecified atom stereocenters. The van der Waals surface area contributed by atoms with E-state index in [0.717, 1.165) is 26.7 Å². The Labute approximate surface area is 126 Å². The fraction of sp³-hybridized carbons (Fsp3) is 0.286. The molecule has 5 heteroatoms. The van der Waals surface area contributed by atoms with Gasteiger partial charge in [-0.3, -0.25) is 9.48 Å². The molecule has 1 aromatic heterocycles. The van der Waals surface area contributed by atoms with Crippen LogP contribution in [0.4, 0.5) is 0 Å². The minimum absolute atomic E-state index is 0.0167. The van der Waals surface area contributed by atoms with Crippen LogP contribution in [0, 0.1) is 10.5 Å². The molecular formula is C14H16IN3O. The quantitative estimate of drug-likeness (QED) is 0.841. The van der Waals surface area contributed by atoms with E-state index < -0.39 is 0 Å². The molecule has 0 aliphatic carbocycles. The first kappa shape index (κ1) is 14.0. The molecule has 4 nitrogen and oxygen atoms in total. The number of halogens is 1. The van der Waals surface area contributed by atoms with Gasteiger partial charge in [-0.05, 0) is 53.1 Å². The van der Waals surface area contributed by atoms with Gasteiger partial charge < -0.3 is 5.32 Å². The molecule has 2 aromatic rings. The van der Waals surface area contributed by atoms with Crippen LogP contribution in [-0.2, 0) is 13.5 Å². The van der Waals surface area contributed by atoms with Crippen LogP contribution in [0.15, 0.2) is 30.6 Å². The van der Waals surface area contributed by atoms with Crippen LogP contribution in [0.3, 0.4) is 0 Å². The van der Waals surface area contributed by atoms with Gasteiger partial charge in [-0.25, -0.2) is 0 Å². The summed E-state index contributed by atoms with van der Waals surface area (Å²) >= 11 is 2.21. The molecule has 0 spiro atoms. The molecule has 0 saturated heterocycles. The second-order valence-corrected chi connectivity index (χ2v) is 5.54. The van der Waals surface area contributed by atoms with E-state index >= 15 is 0 Å². The molecule has 1 N–H and O–H groups in total. The van der Waals surface area contributed by atoms with E-state index in [0.29, 0.717) is 6.54 Å². The van der Waals surface area contributed by atoms with Crippen molar-refractivity contribution < 1.29 is 4.79 Å². The zero-order valence-corrected chi connectivity index (χ0v) is 13.1. The van der Waals surface area contributed by atoms with E-state index in [1.54, 1.807) is 4.68 Å². The van der Waals surface area contributed by atoms with Crippen molar-refractivity contribution in [3.63, 3.8) is 0 Å². The normalized spacial score (nSPS) is 10.5. The van der Waals surface area contributed by atoms with Gasteiger partial charge in [-0.1, -0.05) is 12.1 Å². The topological polar surface area (TPSA) is 46.9 Å². The predicted octanol–water partition coefficient (Wildman–Crippen LogP) is 2.31. The first-order valence-corrected chi connectivity index (χ1v) is 7.16. The number of carbonyl (C=O) groups excluding carboxylic acids is 1. The molecule has 0 radical (unpaired) electrons. The lowest BCUT2D eigenvalue weighted by Gasteiger charge is -2.07. The monoisotopic (exact) mass is 369 g/mol. The highest BCUT2D eigenvalue weighted by Crippen LogP contribution is 2.16. The van der Waals surface area contributed by atoms with Crippen LogP contribution in [0.5, 0.6) is 0 Å². The first-order chi connectivity index (χ1) is 9.08. The van der Waals surface area contributed by atoms with Crippen molar-refractivity contribution in [1.82, 2.24) is 15.1 Å². The van der Waals surface area contributed by atoms with Crippen LogP contribution in [-0.4, -0.2) is 22.2 Å². The summed E-state index contributed by atoms with van der Waals surface area (Å²) in [4.78, 5) is 12.1. The van der Waals surface area contributed by atoms with Gasteiger partial charge in [0.15, 0.2) is 0 Å². The smallest absolute Gasteiger partial charge is 0.252 e. The van der Waals surface area contributed by atoms with Crippen LogP contribution >= 0.6 is 22.6 Å². The van der Waals surface area contributed by atoms with Gasteiger partial charge in [0.25, 0.3) is 5.91 Å². The van der Waals surface area contributed by atoms with Crippen LogP contribution in [0.25, 0.3) is 0 Å². The molecule has 0 bridgehead atoms. The highest BCUT2D eigenvalue weighted by molar-refractivity contribution is 14.1. The second-order valence-electron chi connectivity index (χ2n) is 4.46. The van der Waals surface area contributed by atoms with Crippen molar-refractivity contribution >= 4 is 28.5 Å². The molecule has 2 rings (SSSR count). The third kappa shape index (κ3) is 3.56. The van der Waals surface area contributed by atoms with E-state index in [1.165, 1.54) is 0 Å². The Bertz CT molecular complexity index is 592. The number of nitrogens with zero attached hydrogens (tertiary/aromatic N) is 2. The number of hydrogen-bond donors (Lipinski definition) is 1. The molecule has 0 fully saturated rings. The van der Waals surface area contributed by atoms with Crippen molar-refractivity contribution in [1.29, 1.82) is 0 Å². The molecule has 0 aliphatic heterocycles. The zero-order valence-electron chi connectivity index (χ0n) is 11.0. The van der Waals surface area contributed by atoms with Crippen molar-refractivity contribution in [2.45, 2.75) is 13.3 Å². The maximum Gasteiger partial charge on any atom is 0.252 e. The maximum absolute atomic E-state index is 12.1. The Morgan fingerprint density at radius 3 is 2.95 bits per heavy atom. The molecule has 1 amide bonds. The highest BCUT2D eigenvalue weighted by Gasteiger charge is 2.10. The Kier molecular flexibility index (Phi) is 4.57. The molecule has 0 aliphatic rings. The van der Waals surface area contributed by atoms with Crippen molar-refractivity contribution in [3.8, 4) is 0 Å². The van der Waals surface area contributed by atoms with Crippen molar-refractivity contribution in [3.05, 3.63) is 50.9 Å². The lowest BCUT2D eigenvalue weighted by Crippen LogP contribution is -2.26. The van der Waals surface area contributed by atoms with Crippen LogP contribution in [0.2, 0.25) is 0 Å². The number of nitrogens with one attached hydrogen (secondary N) is 1. The van der Waals surface area contributed by atoms with E-state index in [1.807, 2.05) is 44.6 Å². The molecule has 19 heavy (non-hydrogen) atoms. The number of hydrogen-bond acceptors (Lipinski definition) is 2. The van der Waals surface area contributed by atoms with E-state index in [9.17, 15) is 4.79 Å². The van der Waals surface area contributed by atoms with Gasteiger partial charge in [0.2, 0.25) is 0 Å².